The zero-order valence-corrected chi connectivity index (χ0v) is 29.8. The van der Waals surface area contributed by atoms with Crippen LogP contribution in [0.5, 0.6) is 5.75 Å². The van der Waals surface area contributed by atoms with E-state index in [9.17, 15) is 14.7 Å². The number of aliphatic hydroxyl groups excluding tert-OH is 1. The van der Waals surface area contributed by atoms with Crippen LogP contribution in [0.1, 0.15) is 95.2 Å². The fraction of sp³-hybridized carbons (Fsp3) is 0.590. The molecule has 264 valence electrons. The number of methoxy groups -OCH3 is 1. The van der Waals surface area contributed by atoms with E-state index < -0.39 is 0 Å². The van der Waals surface area contributed by atoms with E-state index in [2.05, 4.69) is 44.1 Å². The van der Waals surface area contributed by atoms with Crippen LogP contribution < -0.4 is 9.64 Å². The van der Waals surface area contributed by atoms with E-state index >= 15 is 0 Å². The van der Waals surface area contributed by atoms with Gasteiger partial charge in [-0.05, 0) is 119 Å². The van der Waals surface area contributed by atoms with Gasteiger partial charge in [-0.15, -0.1) is 0 Å². The highest BCUT2D eigenvalue weighted by Gasteiger charge is 2.42. The van der Waals surface area contributed by atoms with Gasteiger partial charge in [-0.2, -0.15) is 5.10 Å². The molecule has 0 spiro atoms. The first-order chi connectivity index (χ1) is 23.6. The Morgan fingerprint density at radius 3 is 2.39 bits per heavy atom. The van der Waals surface area contributed by atoms with Crippen LogP contribution in [0.3, 0.4) is 0 Å². The third kappa shape index (κ3) is 7.95. The molecule has 0 bridgehead atoms. The van der Waals surface area contributed by atoms with Crippen LogP contribution in [-0.2, 0) is 9.53 Å². The molecule has 10 nitrogen and oxygen atoms in total. The summed E-state index contributed by atoms with van der Waals surface area (Å²) in [4.78, 5) is 35.5. The molecule has 1 saturated heterocycles. The molecule has 3 heterocycles. The van der Waals surface area contributed by atoms with E-state index in [1.165, 1.54) is 11.1 Å². The van der Waals surface area contributed by atoms with Crippen LogP contribution in [0.4, 0.5) is 10.6 Å². The molecule has 0 unspecified atom stereocenters. The third-order valence-corrected chi connectivity index (χ3v) is 11.0. The number of aryl methyl sites for hydroxylation is 1. The number of pyridine rings is 1. The average molecular weight is 672 g/mol. The summed E-state index contributed by atoms with van der Waals surface area (Å²) in [6.07, 6.45) is 12.2. The van der Waals surface area contributed by atoms with Gasteiger partial charge in [0.1, 0.15) is 17.7 Å². The second-order valence-electron chi connectivity index (χ2n) is 15.3. The molecule has 2 aliphatic carbocycles. The van der Waals surface area contributed by atoms with E-state index in [4.69, 9.17) is 14.5 Å². The Labute approximate surface area is 290 Å². The predicted octanol–water partition coefficient (Wildman–Crippen LogP) is 7.16. The Morgan fingerprint density at radius 1 is 1.02 bits per heavy atom. The number of hydrogen-bond acceptors (Lipinski definition) is 7. The quantitative estimate of drug-likeness (QED) is 0.244. The molecular formula is C39H53N5O5. The Kier molecular flexibility index (Phi) is 10.6. The number of amides is 2. The van der Waals surface area contributed by atoms with Crippen molar-refractivity contribution < 1.29 is 24.2 Å². The maximum atomic E-state index is 14.4. The molecule has 49 heavy (non-hydrogen) atoms. The number of carbonyl (C=O) groups excluding carboxylic acids is 2. The van der Waals surface area contributed by atoms with Gasteiger partial charge in [0.05, 0.1) is 19.9 Å². The fourth-order valence-electron chi connectivity index (χ4n) is 7.87. The molecule has 2 saturated carbocycles. The first kappa shape index (κ1) is 34.9. The fourth-order valence-corrected chi connectivity index (χ4v) is 7.87. The summed E-state index contributed by atoms with van der Waals surface area (Å²) in [6.45, 7) is 10.0. The second-order valence-corrected chi connectivity index (χ2v) is 15.3. The Morgan fingerprint density at radius 2 is 1.76 bits per heavy atom. The highest BCUT2D eigenvalue weighted by molar-refractivity contribution is 5.94. The number of aliphatic hydroxyl groups is 1. The lowest BCUT2D eigenvalue weighted by atomic mass is 9.78. The minimum atomic E-state index is -0.315. The van der Waals surface area contributed by atoms with Gasteiger partial charge >= 0.3 is 6.09 Å². The number of rotatable bonds is 10. The van der Waals surface area contributed by atoms with Gasteiger partial charge in [0.25, 0.3) is 0 Å². The molecule has 6 rings (SSSR count). The van der Waals surface area contributed by atoms with Crippen molar-refractivity contribution in [1.82, 2.24) is 19.7 Å². The zero-order chi connectivity index (χ0) is 34.7. The largest absolute Gasteiger partial charge is 0.496 e. The van der Waals surface area contributed by atoms with Crippen LogP contribution in [0, 0.1) is 24.2 Å². The lowest BCUT2D eigenvalue weighted by molar-refractivity contribution is -0.124. The number of benzene rings is 1. The van der Waals surface area contributed by atoms with Crippen LogP contribution in [0.2, 0.25) is 0 Å². The van der Waals surface area contributed by atoms with Crippen LogP contribution in [-0.4, -0.2) is 76.2 Å². The lowest BCUT2D eigenvalue weighted by Gasteiger charge is -2.46. The number of carbonyl (C=O) groups is 2. The first-order valence-corrected chi connectivity index (χ1v) is 18.1. The van der Waals surface area contributed by atoms with Crippen molar-refractivity contribution in [2.75, 3.05) is 38.3 Å². The molecule has 2 amide bonds. The van der Waals surface area contributed by atoms with Crippen molar-refractivity contribution in [1.29, 1.82) is 0 Å². The molecule has 3 aliphatic rings. The van der Waals surface area contributed by atoms with Crippen molar-refractivity contribution >= 4 is 17.8 Å². The monoisotopic (exact) mass is 671 g/mol. The molecule has 10 heteroatoms. The number of anilines is 1. The SMILES string of the molecule is COc1ccc(C2CCC(CN(C(=O)C3CCC(OC(=O)N4CC(C)(CO)C4)CC3)c3cc(-c4cnn(C(C)C)c4)ccn3)CC2)cc1C. The van der Waals surface area contributed by atoms with Crippen molar-refractivity contribution in [3.8, 4) is 16.9 Å². The molecule has 1 aromatic carbocycles. The smallest absolute Gasteiger partial charge is 0.410 e. The molecule has 1 aliphatic heterocycles. The van der Waals surface area contributed by atoms with Gasteiger partial charge in [-0.25, -0.2) is 9.78 Å². The Bertz CT molecular complexity index is 1600. The zero-order valence-electron chi connectivity index (χ0n) is 29.8. The molecule has 2 aromatic heterocycles. The Hall–Kier alpha value is -3.92. The van der Waals surface area contributed by atoms with Crippen LogP contribution in [0.25, 0.3) is 11.1 Å². The summed E-state index contributed by atoms with van der Waals surface area (Å²) in [7, 11) is 1.72. The minimum Gasteiger partial charge on any atom is -0.496 e. The van der Waals surface area contributed by atoms with E-state index in [0.717, 1.165) is 42.6 Å². The van der Waals surface area contributed by atoms with E-state index in [1.807, 2.05) is 41.0 Å². The van der Waals surface area contributed by atoms with Crippen molar-refractivity contribution in [3.05, 3.63) is 60.0 Å². The summed E-state index contributed by atoms with van der Waals surface area (Å²) in [5.74, 6) is 2.46. The summed E-state index contributed by atoms with van der Waals surface area (Å²) >= 11 is 0. The van der Waals surface area contributed by atoms with Crippen molar-refractivity contribution in [3.63, 3.8) is 0 Å². The number of ether oxygens (including phenoxy) is 2. The molecule has 0 atom stereocenters. The summed E-state index contributed by atoms with van der Waals surface area (Å²) < 4.78 is 13.3. The van der Waals surface area contributed by atoms with Crippen LogP contribution in [0.15, 0.2) is 48.9 Å². The molecule has 1 N–H and O–H groups in total. The normalized spacial score (nSPS) is 23.5. The molecular weight excluding hydrogens is 618 g/mol. The van der Waals surface area contributed by atoms with Gasteiger partial charge in [0, 0.05) is 55.0 Å². The number of aromatic nitrogens is 3. The van der Waals surface area contributed by atoms with E-state index in [-0.39, 0.29) is 42.1 Å². The highest BCUT2D eigenvalue weighted by Crippen LogP contribution is 2.39. The third-order valence-electron chi connectivity index (χ3n) is 11.0. The number of hydrogen-bond donors (Lipinski definition) is 1. The topological polar surface area (TPSA) is 110 Å². The summed E-state index contributed by atoms with van der Waals surface area (Å²) in [6, 6.07) is 10.8. The highest BCUT2D eigenvalue weighted by atomic mass is 16.6. The minimum absolute atomic E-state index is 0.0592. The van der Waals surface area contributed by atoms with Crippen molar-refractivity contribution in [2.24, 2.45) is 17.3 Å². The first-order valence-electron chi connectivity index (χ1n) is 18.1. The number of nitrogens with zero attached hydrogens (tertiary/aromatic N) is 5. The van der Waals surface area contributed by atoms with Gasteiger partial charge in [0.15, 0.2) is 0 Å². The molecule has 0 radical (unpaired) electrons. The Balaban J connectivity index is 1.13. The van der Waals surface area contributed by atoms with E-state index in [1.54, 1.807) is 18.2 Å². The maximum Gasteiger partial charge on any atom is 0.410 e. The van der Waals surface area contributed by atoms with E-state index in [0.29, 0.717) is 63.0 Å². The van der Waals surface area contributed by atoms with Crippen LogP contribution >= 0.6 is 0 Å². The molecule has 3 fully saturated rings. The van der Waals surface area contributed by atoms with Crippen molar-refractivity contribution in [2.45, 2.75) is 97.1 Å². The standard InChI is InChI=1S/C39H53N5O5/c1-26(2)44-22-33(20-41-44)32-16-17-40-36(19-32)43(21-28-6-8-29(9-7-28)31-12-15-35(48-5)27(3)18-31)37(46)30-10-13-34(14-11-30)49-38(47)42-23-39(4,24-42)25-45/h12,15-20,22,26,28-30,34,45H,6-11,13-14,21,23-25H2,1-5H3. The summed E-state index contributed by atoms with van der Waals surface area (Å²) in [5, 5.41) is 14.1. The maximum absolute atomic E-state index is 14.4. The van der Waals surface area contributed by atoms with Gasteiger partial charge in [-0.1, -0.05) is 19.1 Å². The summed E-state index contributed by atoms with van der Waals surface area (Å²) in [5.41, 5.74) is 4.30. The van der Waals surface area contributed by atoms with Gasteiger partial charge in [-0.3, -0.25) is 14.4 Å². The number of likely N-dealkylation sites (tertiary alicyclic amines) is 1. The van der Waals surface area contributed by atoms with Gasteiger partial charge < -0.3 is 19.5 Å². The lowest BCUT2D eigenvalue weighted by Crippen LogP contribution is -2.59. The predicted molar refractivity (Wildman–Crippen MR) is 190 cm³/mol. The average Bonchev–Trinajstić information content (AvgIpc) is 3.61. The van der Waals surface area contributed by atoms with Gasteiger partial charge in [0.2, 0.25) is 5.91 Å². The second kappa shape index (κ2) is 14.9. The molecule has 3 aromatic rings.